The van der Waals surface area contributed by atoms with Crippen LogP contribution in [-0.2, 0) is 12.8 Å². The lowest BCUT2D eigenvalue weighted by molar-refractivity contribution is 0.0933. The number of hydrogen-bond donors (Lipinski definition) is 3. The van der Waals surface area contributed by atoms with E-state index in [1.165, 1.54) is 0 Å². The number of hydrogen-bond acceptors (Lipinski definition) is 4. The molecule has 0 aliphatic heterocycles. The summed E-state index contributed by atoms with van der Waals surface area (Å²) in [5.74, 6) is -0.437. The Kier molecular flexibility index (Phi) is 7.12. The van der Waals surface area contributed by atoms with Gasteiger partial charge in [-0.1, -0.05) is 41.5 Å². The fourth-order valence-electron chi connectivity index (χ4n) is 2.68. The normalized spacial score (nSPS) is 11.7. The fourth-order valence-corrected chi connectivity index (χ4v) is 2.68. The molecule has 136 valence electrons. The Hall–Kier alpha value is -1.71. The van der Waals surface area contributed by atoms with Crippen molar-refractivity contribution in [2.75, 3.05) is 0 Å². The molecule has 1 aromatic carbocycles. The van der Waals surface area contributed by atoms with E-state index in [1.807, 2.05) is 0 Å². The van der Waals surface area contributed by atoms with Gasteiger partial charge in [0.05, 0.1) is 0 Å². The van der Waals surface area contributed by atoms with Crippen molar-refractivity contribution in [3.05, 3.63) is 16.7 Å². The molecule has 0 bridgehead atoms. The molecule has 0 saturated heterocycles. The molecule has 1 rings (SSSR count). The van der Waals surface area contributed by atoms with E-state index in [0.717, 1.165) is 12.8 Å². The van der Waals surface area contributed by atoms with Crippen molar-refractivity contribution < 1.29 is 20.1 Å². The second-order valence-electron chi connectivity index (χ2n) is 7.76. The highest BCUT2D eigenvalue weighted by Gasteiger charge is 2.28. The summed E-state index contributed by atoms with van der Waals surface area (Å²) < 4.78 is 0. The highest BCUT2D eigenvalue weighted by Crippen LogP contribution is 2.44. The van der Waals surface area contributed by atoms with Gasteiger partial charge in [-0.05, 0) is 37.5 Å². The first-order valence-corrected chi connectivity index (χ1v) is 8.90. The summed E-state index contributed by atoms with van der Waals surface area (Å²) in [4.78, 5) is 12.5. The van der Waals surface area contributed by atoms with E-state index in [2.05, 4.69) is 27.7 Å². The van der Waals surface area contributed by atoms with Crippen molar-refractivity contribution in [1.82, 2.24) is 0 Å². The zero-order valence-corrected chi connectivity index (χ0v) is 15.8. The van der Waals surface area contributed by atoms with E-state index in [1.54, 1.807) is 13.8 Å². The molecule has 0 saturated carbocycles. The van der Waals surface area contributed by atoms with Gasteiger partial charge in [0.25, 0.3) is 0 Å². The molecule has 0 spiro atoms. The lowest BCUT2D eigenvalue weighted by Gasteiger charge is -2.19. The van der Waals surface area contributed by atoms with Crippen LogP contribution in [0, 0.1) is 17.8 Å². The predicted octanol–water partition coefficient (Wildman–Crippen LogP) is 4.82. The van der Waals surface area contributed by atoms with Crippen LogP contribution < -0.4 is 0 Å². The monoisotopic (exact) mass is 336 g/mol. The topological polar surface area (TPSA) is 77.8 Å². The van der Waals surface area contributed by atoms with Gasteiger partial charge in [-0.2, -0.15) is 0 Å². The quantitative estimate of drug-likeness (QED) is 0.595. The molecule has 0 amide bonds. The van der Waals surface area contributed by atoms with Crippen LogP contribution in [0.15, 0.2) is 0 Å². The van der Waals surface area contributed by atoms with Crippen molar-refractivity contribution in [1.29, 1.82) is 0 Å². The van der Waals surface area contributed by atoms with Gasteiger partial charge in [-0.25, -0.2) is 0 Å². The molecule has 4 heteroatoms. The van der Waals surface area contributed by atoms with Crippen LogP contribution >= 0.6 is 0 Å². The molecule has 0 atom stereocenters. The number of rotatable bonds is 8. The Labute approximate surface area is 145 Å². The summed E-state index contributed by atoms with van der Waals surface area (Å²) in [5.41, 5.74) is 0.717. The molecule has 0 aromatic heterocycles. The second-order valence-corrected chi connectivity index (χ2v) is 7.76. The summed E-state index contributed by atoms with van der Waals surface area (Å²) in [5, 5.41) is 31.7. The Morgan fingerprint density at radius 1 is 0.750 bits per heavy atom. The minimum absolute atomic E-state index is 0.0414. The van der Waals surface area contributed by atoms with Crippen molar-refractivity contribution >= 4 is 5.78 Å². The van der Waals surface area contributed by atoms with Gasteiger partial charge in [0, 0.05) is 17.0 Å². The van der Waals surface area contributed by atoms with Crippen LogP contribution in [-0.4, -0.2) is 21.1 Å². The minimum Gasteiger partial charge on any atom is -0.507 e. The minimum atomic E-state index is -0.345. The van der Waals surface area contributed by atoms with Gasteiger partial charge >= 0.3 is 0 Å². The summed E-state index contributed by atoms with van der Waals surface area (Å²) in [6.45, 7) is 11.7. The number of phenolic OH excluding ortho intramolecular Hbond substituents is 3. The Morgan fingerprint density at radius 3 is 1.42 bits per heavy atom. The molecule has 3 N–H and O–H groups in total. The number of aromatic hydroxyl groups is 3. The van der Waals surface area contributed by atoms with Crippen LogP contribution in [0.4, 0.5) is 0 Å². The van der Waals surface area contributed by atoms with Gasteiger partial charge in [0.1, 0.15) is 22.8 Å². The number of benzene rings is 1. The number of Topliss-reactive ketones (excluding diaryl/α,β-unsaturated/α-hetero) is 1. The molecular weight excluding hydrogens is 304 g/mol. The van der Waals surface area contributed by atoms with E-state index in [-0.39, 0.29) is 34.5 Å². The van der Waals surface area contributed by atoms with Gasteiger partial charge in [0.2, 0.25) is 0 Å². The molecule has 24 heavy (non-hydrogen) atoms. The van der Waals surface area contributed by atoms with Gasteiger partial charge in [-0.3, -0.25) is 4.79 Å². The molecule has 0 heterocycles. The highest BCUT2D eigenvalue weighted by molar-refractivity contribution is 6.03. The van der Waals surface area contributed by atoms with E-state index in [9.17, 15) is 20.1 Å². The van der Waals surface area contributed by atoms with Crippen molar-refractivity contribution in [2.24, 2.45) is 17.8 Å². The Bertz CT molecular complexity index is 547. The van der Waals surface area contributed by atoms with Crippen LogP contribution in [0.25, 0.3) is 0 Å². The Morgan fingerprint density at radius 2 is 1.12 bits per heavy atom. The first-order valence-electron chi connectivity index (χ1n) is 8.90. The summed E-state index contributed by atoms with van der Waals surface area (Å²) in [7, 11) is 0. The average Bonchev–Trinajstić information content (AvgIpc) is 2.45. The number of carbonyl (C=O) groups is 1. The maximum atomic E-state index is 12.5. The molecular formula is C20H32O4. The fraction of sp³-hybridized carbons (Fsp3) is 0.650. The average molecular weight is 336 g/mol. The molecule has 0 fully saturated rings. The third kappa shape index (κ3) is 4.65. The van der Waals surface area contributed by atoms with E-state index >= 15 is 0 Å². The molecule has 0 aliphatic rings. The van der Waals surface area contributed by atoms with Gasteiger partial charge in [-0.15, -0.1) is 0 Å². The van der Waals surface area contributed by atoms with E-state index in [4.69, 9.17) is 0 Å². The molecule has 0 aliphatic carbocycles. The van der Waals surface area contributed by atoms with Crippen molar-refractivity contribution in [2.45, 2.75) is 67.2 Å². The standard InChI is InChI=1S/C20H32O4/c1-11(2)7-9-14-18(22)15(10-8-12(3)4)20(24)16(19(14)23)17(21)13(5)6/h11-13,22-24H,7-10H2,1-6H3. The molecule has 1 aromatic rings. The maximum Gasteiger partial charge on any atom is 0.172 e. The summed E-state index contributed by atoms with van der Waals surface area (Å²) >= 11 is 0. The van der Waals surface area contributed by atoms with E-state index in [0.29, 0.717) is 35.8 Å². The largest absolute Gasteiger partial charge is 0.507 e. The molecule has 0 radical (unpaired) electrons. The van der Waals surface area contributed by atoms with Crippen LogP contribution in [0.5, 0.6) is 17.2 Å². The van der Waals surface area contributed by atoms with E-state index < -0.39 is 0 Å². The molecule has 4 nitrogen and oxygen atoms in total. The number of phenols is 3. The lowest BCUT2D eigenvalue weighted by atomic mass is 9.88. The Balaban J connectivity index is 3.49. The van der Waals surface area contributed by atoms with Gasteiger partial charge < -0.3 is 15.3 Å². The third-order valence-corrected chi connectivity index (χ3v) is 4.33. The zero-order chi connectivity index (χ0) is 18.6. The smallest absolute Gasteiger partial charge is 0.172 e. The predicted molar refractivity (Wildman–Crippen MR) is 96.9 cm³/mol. The summed E-state index contributed by atoms with van der Waals surface area (Å²) in [6.07, 6.45) is 2.51. The van der Waals surface area contributed by atoms with Crippen LogP contribution in [0.3, 0.4) is 0 Å². The van der Waals surface area contributed by atoms with Crippen molar-refractivity contribution in [3.63, 3.8) is 0 Å². The highest BCUT2D eigenvalue weighted by atomic mass is 16.3. The van der Waals surface area contributed by atoms with Gasteiger partial charge in [0.15, 0.2) is 5.78 Å². The number of carbonyl (C=O) groups excluding carboxylic acids is 1. The summed E-state index contributed by atoms with van der Waals surface area (Å²) in [6, 6.07) is 0. The van der Waals surface area contributed by atoms with Crippen molar-refractivity contribution in [3.8, 4) is 17.2 Å². The first-order chi connectivity index (χ1) is 11.1. The lowest BCUT2D eigenvalue weighted by Crippen LogP contribution is -2.11. The second kappa shape index (κ2) is 8.41. The SMILES string of the molecule is CC(C)CCc1c(O)c(CCC(C)C)c(O)c(C(=O)C(C)C)c1O. The maximum absolute atomic E-state index is 12.5. The zero-order valence-electron chi connectivity index (χ0n) is 15.8. The number of ketones is 1. The van der Waals surface area contributed by atoms with Crippen LogP contribution in [0.1, 0.15) is 75.9 Å². The van der Waals surface area contributed by atoms with Crippen LogP contribution in [0.2, 0.25) is 0 Å². The first kappa shape index (κ1) is 20.3. The molecule has 0 unspecified atom stereocenters. The third-order valence-electron chi connectivity index (χ3n) is 4.33.